The second-order valence-electron chi connectivity index (χ2n) is 3.62. The predicted molar refractivity (Wildman–Crippen MR) is 64.4 cm³/mol. The first kappa shape index (κ1) is 16.3. The van der Waals surface area contributed by atoms with Gasteiger partial charge in [-0.25, -0.2) is 4.39 Å². The van der Waals surface area contributed by atoms with Crippen LogP contribution in [0.5, 0.6) is 5.75 Å². The van der Waals surface area contributed by atoms with E-state index in [0.29, 0.717) is 12.4 Å². The molecule has 0 aromatic heterocycles. The van der Waals surface area contributed by atoms with Crippen molar-refractivity contribution in [2.75, 3.05) is 0 Å². The number of halogens is 1. The molecule has 19 heavy (non-hydrogen) atoms. The van der Waals surface area contributed by atoms with Crippen molar-refractivity contribution in [1.29, 1.82) is 0 Å². The van der Waals surface area contributed by atoms with E-state index >= 15 is 0 Å². The molecule has 0 heterocycles. The van der Waals surface area contributed by atoms with Crippen LogP contribution in [0.15, 0.2) is 53.4 Å². The van der Waals surface area contributed by atoms with Crippen LogP contribution in [0.4, 0.5) is 4.39 Å². The minimum Gasteiger partial charge on any atom is -0.768 e. The minimum absolute atomic E-state index is 0. The molecule has 0 N–H and O–H groups in total. The Labute approximate surface area is 135 Å². The van der Waals surface area contributed by atoms with Crippen LogP contribution in [0.3, 0.4) is 0 Å². The molecule has 0 spiro atoms. The number of hydrogen-bond acceptors (Lipinski definition) is 3. The largest absolute Gasteiger partial charge is 1.00 e. The molecule has 94 valence electrons. The zero-order valence-corrected chi connectivity index (χ0v) is 13.2. The van der Waals surface area contributed by atoms with E-state index in [-0.39, 0.29) is 40.3 Å². The van der Waals surface area contributed by atoms with Gasteiger partial charge in [0.1, 0.15) is 18.2 Å². The van der Waals surface area contributed by atoms with Crippen molar-refractivity contribution in [1.82, 2.24) is 0 Å². The summed E-state index contributed by atoms with van der Waals surface area (Å²) in [4.78, 5) is 0.237. The van der Waals surface area contributed by atoms with Crippen LogP contribution in [-0.2, 0) is 17.7 Å². The van der Waals surface area contributed by atoms with Gasteiger partial charge < -0.3 is 9.29 Å². The summed E-state index contributed by atoms with van der Waals surface area (Å²) in [5.41, 5.74) is 0.841. The fourth-order valence-electron chi connectivity index (χ4n) is 1.39. The van der Waals surface area contributed by atoms with Crippen LogP contribution in [0.25, 0.3) is 0 Å². The summed E-state index contributed by atoms with van der Waals surface area (Å²) in [5, 5.41) is 0. The Balaban J connectivity index is 0.00000180. The van der Waals surface area contributed by atoms with Crippen molar-refractivity contribution in [3.05, 3.63) is 59.9 Å². The zero-order chi connectivity index (χ0) is 13.0. The Hall–Kier alpha value is -0.720. The molecule has 1 unspecified atom stereocenters. The third-order valence-corrected chi connectivity index (χ3v) is 2.99. The van der Waals surface area contributed by atoms with Crippen molar-refractivity contribution in [3.63, 3.8) is 0 Å². The molecule has 0 amide bonds. The summed E-state index contributed by atoms with van der Waals surface area (Å²) in [5.74, 6) is 0.248. The summed E-state index contributed by atoms with van der Waals surface area (Å²) in [6.45, 7) is 0.303. The molecule has 2 rings (SSSR count). The van der Waals surface area contributed by atoms with Gasteiger partial charge in [-0.15, -0.1) is 0 Å². The van der Waals surface area contributed by atoms with Crippen molar-refractivity contribution < 1.29 is 47.4 Å². The first-order valence-corrected chi connectivity index (χ1v) is 6.29. The summed E-state index contributed by atoms with van der Waals surface area (Å²) in [6.07, 6.45) is 0. The zero-order valence-electron chi connectivity index (χ0n) is 10.3. The standard InChI is InChI=1S/C13H11FO3S.Na/c14-11-3-5-12(6-4-11)17-9-10-1-7-13(8-2-10)18(15)16;/h1-8H,9H2,(H,15,16);/q;+1/p-1. The topological polar surface area (TPSA) is 49.4 Å². The van der Waals surface area contributed by atoms with Crippen molar-refractivity contribution in [2.45, 2.75) is 11.5 Å². The molecule has 1 atom stereocenters. The number of rotatable bonds is 4. The van der Waals surface area contributed by atoms with Gasteiger partial charge in [0.25, 0.3) is 0 Å². The van der Waals surface area contributed by atoms with E-state index in [0.717, 1.165) is 5.56 Å². The van der Waals surface area contributed by atoms with Crippen LogP contribution < -0.4 is 34.3 Å². The van der Waals surface area contributed by atoms with Gasteiger partial charge in [0.05, 0.1) is 0 Å². The molecule has 3 nitrogen and oxygen atoms in total. The molecule has 0 bridgehead atoms. The minimum atomic E-state index is -2.21. The number of hydrogen-bond donors (Lipinski definition) is 0. The van der Waals surface area contributed by atoms with E-state index in [2.05, 4.69) is 0 Å². The van der Waals surface area contributed by atoms with Gasteiger partial charge in [0.2, 0.25) is 0 Å². The molecular weight excluding hydrogens is 278 g/mol. The predicted octanol–water partition coefficient (Wildman–Crippen LogP) is -0.353. The SMILES string of the molecule is O=S([O-])c1ccc(COc2ccc(F)cc2)cc1.[Na+]. The molecule has 0 aliphatic heterocycles. The fraction of sp³-hybridized carbons (Fsp3) is 0.0769. The van der Waals surface area contributed by atoms with E-state index in [1.165, 1.54) is 36.4 Å². The van der Waals surface area contributed by atoms with E-state index in [1.54, 1.807) is 12.1 Å². The number of ether oxygens (including phenoxy) is 1. The Morgan fingerprint density at radius 2 is 1.63 bits per heavy atom. The normalized spacial score (nSPS) is 11.5. The molecule has 6 heteroatoms. The molecule has 0 saturated heterocycles. The molecular formula is C13H10FNaO3S. The first-order valence-electron chi connectivity index (χ1n) is 5.22. The summed E-state index contributed by atoms with van der Waals surface area (Å²) in [7, 11) is 0. The Morgan fingerprint density at radius 3 is 2.16 bits per heavy atom. The second kappa shape index (κ2) is 7.77. The Kier molecular flexibility index (Phi) is 6.68. The summed E-state index contributed by atoms with van der Waals surface area (Å²) < 4.78 is 39.4. The molecule has 2 aromatic rings. The van der Waals surface area contributed by atoms with Gasteiger partial charge in [-0.05, 0) is 53.0 Å². The van der Waals surface area contributed by atoms with Gasteiger partial charge in [-0.1, -0.05) is 12.1 Å². The first-order chi connectivity index (χ1) is 8.65. The smallest absolute Gasteiger partial charge is 0.768 e. The number of benzene rings is 2. The third kappa shape index (κ3) is 5.04. The Morgan fingerprint density at radius 1 is 1.05 bits per heavy atom. The fourth-order valence-corrected chi connectivity index (χ4v) is 1.75. The quantitative estimate of drug-likeness (QED) is 0.570. The summed E-state index contributed by atoms with van der Waals surface area (Å²) >= 11 is -2.21. The van der Waals surface area contributed by atoms with Gasteiger partial charge in [0, 0.05) is 4.90 Å². The van der Waals surface area contributed by atoms with Gasteiger partial charge >= 0.3 is 29.6 Å². The van der Waals surface area contributed by atoms with Gasteiger partial charge in [-0.3, -0.25) is 4.21 Å². The molecule has 0 saturated carbocycles. The molecule has 0 radical (unpaired) electrons. The van der Waals surface area contributed by atoms with E-state index in [9.17, 15) is 13.2 Å². The van der Waals surface area contributed by atoms with E-state index in [1.807, 2.05) is 0 Å². The van der Waals surface area contributed by atoms with E-state index in [4.69, 9.17) is 4.74 Å². The molecule has 0 aliphatic carbocycles. The molecule has 0 aliphatic rings. The van der Waals surface area contributed by atoms with Gasteiger partial charge in [0.15, 0.2) is 0 Å². The van der Waals surface area contributed by atoms with Crippen molar-refractivity contribution in [3.8, 4) is 5.75 Å². The monoisotopic (exact) mass is 288 g/mol. The summed E-state index contributed by atoms with van der Waals surface area (Å²) in [6, 6.07) is 12.1. The van der Waals surface area contributed by atoms with Gasteiger partial charge in [-0.2, -0.15) is 0 Å². The van der Waals surface area contributed by atoms with Crippen LogP contribution >= 0.6 is 0 Å². The third-order valence-electron chi connectivity index (χ3n) is 2.33. The van der Waals surface area contributed by atoms with Crippen LogP contribution in [0.1, 0.15) is 5.56 Å². The van der Waals surface area contributed by atoms with Crippen LogP contribution in [0.2, 0.25) is 0 Å². The van der Waals surface area contributed by atoms with Crippen LogP contribution in [-0.4, -0.2) is 8.76 Å². The average molecular weight is 288 g/mol. The van der Waals surface area contributed by atoms with Crippen molar-refractivity contribution >= 4 is 11.1 Å². The van der Waals surface area contributed by atoms with Crippen molar-refractivity contribution in [2.24, 2.45) is 0 Å². The second-order valence-corrected chi connectivity index (χ2v) is 4.56. The Bertz CT molecular complexity index is 543. The molecule has 0 fully saturated rings. The molecule has 2 aromatic carbocycles. The average Bonchev–Trinajstić information content (AvgIpc) is 2.38. The maximum absolute atomic E-state index is 12.7. The van der Waals surface area contributed by atoms with E-state index < -0.39 is 11.1 Å². The maximum Gasteiger partial charge on any atom is 1.00 e. The maximum atomic E-state index is 12.7. The van der Waals surface area contributed by atoms with Crippen LogP contribution in [0, 0.1) is 5.82 Å².